The molecule has 1 radical (unpaired) electrons. The molecule has 0 unspecified atom stereocenters. The van der Waals surface area contributed by atoms with E-state index in [1.807, 2.05) is 6.08 Å². The molecule has 1 nitrogen and oxygen atoms in total. The minimum Gasteiger partial charge on any atom is -0.259 e. The summed E-state index contributed by atoms with van der Waals surface area (Å²) in [6.45, 7) is 0.907. The van der Waals surface area contributed by atoms with Crippen molar-refractivity contribution in [3.05, 3.63) is 12.2 Å². The maximum absolute atomic E-state index is 3.06. The van der Waals surface area contributed by atoms with Crippen molar-refractivity contribution >= 4 is 11.9 Å². The Morgan fingerprint density at radius 1 is 1.83 bits per heavy atom. The van der Waals surface area contributed by atoms with Crippen molar-refractivity contribution in [2.75, 3.05) is 12.3 Å². The fourth-order valence-electron chi connectivity index (χ4n) is 0.324. The Kier molecular flexibility index (Phi) is 1.59. The molecule has 0 amide bonds. The molecule has 0 aromatic rings. The second-order valence-electron chi connectivity index (χ2n) is 1.04. The van der Waals surface area contributed by atoms with Crippen LogP contribution in [0.4, 0.5) is 0 Å². The van der Waals surface area contributed by atoms with E-state index in [0.717, 1.165) is 12.3 Å². The Labute approximate surface area is 41.9 Å². The zero-order chi connectivity index (χ0) is 4.24. The van der Waals surface area contributed by atoms with Crippen LogP contribution in [0.5, 0.6) is 0 Å². The lowest BCUT2D eigenvalue weighted by molar-refractivity contribution is 1.08. The van der Waals surface area contributed by atoms with Gasteiger partial charge in [-0.25, -0.2) is 0 Å². The Morgan fingerprint density at radius 2 is 2.83 bits per heavy atom. The summed E-state index contributed by atoms with van der Waals surface area (Å²) in [5, 5.41) is 0. The third kappa shape index (κ3) is 1.03. The molecule has 0 aliphatic carbocycles. The smallest absolute Gasteiger partial charge is 0.0310 e. The van der Waals surface area contributed by atoms with E-state index in [1.165, 1.54) is 0 Å². The molecular formula is C4H6NS. The van der Waals surface area contributed by atoms with Crippen molar-refractivity contribution < 1.29 is 0 Å². The largest absolute Gasteiger partial charge is 0.259 e. The predicted octanol–water partition coefficient (Wildman–Crippen LogP) is 0.597. The zero-order valence-corrected chi connectivity index (χ0v) is 4.22. The first kappa shape index (κ1) is 4.22. The van der Waals surface area contributed by atoms with Crippen LogP contribution in [0, 0.1) is 6.08 Å². The van der Waals surface area contributed by atoms with Crippen molar-refractivity contribution in [2.24, 2.45) is 0 Å². The Balaban J connectivity index is 2.26. The maximum atomic E-state index is 3.06. The van der Waals surface area contributed by atoms with Crippen LogP contribution in [-0.2, 0) is 0 Å². The standard InChI is InChI=1S/C4H6NS/c1-2-4-6-5-3-1/h2,5H,3-4H2. The highest BCUT2D eigenvalue weighted by Gasteiger charge is 1.85. The second kappa shape index (κ2) is 2.26. The highest BCUT2D eigenvalue weighted by Crippen LogP contribution is 1.95. The summed E-state index contributed by atoms with van der Waals surface area (Å²) in [7, 11) is 0. The van der Waals surface area contributed by atoms with Gasteiger partial charge in [-0.2, -0.15) is 0 Å². The van der Waals surface area contributed by atoms with Crippen LogP contribution in [0.25, 0.3) is 0 Å². The van der Waals surface area contributed by atoms with Crippen LogP contribution in [-0.4, -0.2) is 12.3 Å². The Morgan fingerprint density at radius 3 is 3.00 bits per heavy atom. The summed E-state index contributed by atoms with van der Waals surface area (Å²) in [5.41, 5.74) is 0. The molecular weight excluding hydrogens is 94.1 g/mol. The molecule has 1 aliphatic rings. The Bertz CT molecular complexity index is 52.6. The molecule has 33 valence electrons. The molecule has 0 aromatic carbocycles. The van der Waals surface area contributed by atoms with Crippen LogP contribution in [0.2, 0.25) is 0 Å². The van der Waals surface area contributed by atoms with Crippen molar-refractivity contribution in [1.82, 2.24) is 4.72 Å². The first-order chi connectivity index (χ1) is 3.00. The zero-order valence-electron chi connectivity index (χ0n) is 3.40. The molecule has 0 bridgehead atoms. The lowest BCUT2D eigenvalue weighted by atomic mass is 10.5. The van der Waals surface area contributed by atoms with Gasteiger partial charge in [0.1, 0.15) is 0 Å². The Hall–Kier alpha value is 0.0500. The second-order valence-corrected chi connectivity index (χ2v) is 1.95. The van der Waals surface area contributed by atoms with E-state index in [-0.39, 0.29) is 0 Å². The van der Waals surface area contributed by atoms with Crippen LogP contribution in [0.15, 0.2) is 6.08 Å². The monoisotopic (exact) mass is 100 g/mol. The van der Waals surface area contributed by atoms with Crippen LogP contribution in [0.1, 0.15) is 0 Å². The van der Waals surface area contributed by atoms with Gasteiger partial charge >= 0.3 is 0 Å². The fraction of sp³-hybridized carbons (Fsp3) is 0.500. The van der Waals surface area contributed by atoms with Gasteiger partial charge in [-0.1, -0.05) is 18.0 Å². The summed E-state index contributed by atoms with van der Waals surface area (Å²) in [4.78, 5) is 0. The van der Waals surface area contributed by atoms with Crippen molar-refractivity contribution in [3.63, 3.8) is 0 Å². The van der Waals surface area contributed by atoms with Crippen LogP contribution < -0.4 is 4.72 Å². The molecule has 0 spiro atoms. The van der Waals surface area contributed by atoms with Gasteiger partial charge in [-0.15, -0.1) is 0 Å². The number of rotatable bonds is 0. The quantitative estimate of drug-likeness (QED) is 0.447. The van der Waals surface area contributed by atoms with E-state index in [2.05, 4.69) is 10.8 Å². The van der Waals surface area contributed by atoms with Gasteiger partial charge in [0, 0.05) is 12.3 Å². The van der Waals surface area contributed by atoms with Crippen molar-refractivity contribution in [1.29, 1.82) is 0 Å². The molecule has 2 heteroatoms. The van der Waals surface area contributed by atoms with E-state index in [1.54, 1.807) is 11.9 Å². The normalized spacial score (nSPS) is 21.3. The van der Waals surface area contributed by atoms with Gasteiger partial charge in [-0.05, 0) is 6.08 Å². The highest BCUT2D eigenvalue weighted by atomic mass is 32.2. The van der Waals surface area contributed by atoms with Gasteiger partial charge in [0.15, 0.2) is 0 Å². The topological polar surface area (TPSA) is 12.0 Å². The van der Waals surface area contributed by atoms with Gasteiger partial charge in [-0.3, -0.25) is 4.72 Å². The number of nitrogens with one attached hydrogen (secondary N) is 1. The summed E-state index contributed by atoms with van der Waals surface area (Å²) in [6, 6.07) is 0. The molecule has 0 saturated heterocycles. The molecule has 1 aliphatic heterocycles. The van der Waals surface area contributed by atoms with E-state index in [0.29, 0.717) is 0 Å². The minimum absolute atomic E-state index is 0.907. The van der Waals surface area contributed by atoms with Crippen molar-refractivity contribution in [2.45, 2.75) is 0 Å². The van der Waals surface area contributed by atoms with Crippen molar-refractivity contribution in [3.8, 4) is 0 Å². The first-order valence-electron chi connectivity index (χ1n) is 1.90. The fourth-order valence-corrected chi connectivity index (χ4v) is 0.829. The van der Waals surface area contributed by atoms with E-state index >= 15 is 0 Å². The van der Waals surface area contributed by atoms with Gasteiger partial charge < -0.3 is 0 Å². The minimum atomic E-state index is 0.907. The molecule has 1 heterocycles. The van der Waals surface area contributed by atoms with Crippen LogP contribution >= 0.6 is 11.9 Å². The van der Waals surface area contributed by atoms with Gasteiger partial charge in [0.25, 0.3) is 0 Å². The summed E-state index contributed by atoms with van der Waals surface area (Å²) >= 11 is 1.73. The number of hydrogen-bond donors (Lipinski definition) is 1. The summed E-state index contributed by atoms with van der Waals surface area (Å²) in [6.07, 6.45) is 5.07. The van der Waals surface area contributed by atoms with E-state index in [4.69, 9.17) is 0 Å². The molecule has 6 heavy (non-hydrogen) atoms. The molecule has 0 saturated carbocycles. The van der Waals surface area contributed by atoms with Gasteiger partial charge in [0.05, 0.1) is 0 Å². The van der Waals surface area contributed by atoms with Crippen LogP contribution in [0.3, 0.4) is 0 Å². The molecule has 1 rings (SSSR count). The van der Waals surface area contributed by atoms with E-state index < -0.39 is 0 Å². The highest BCUT2D eigenvalue weighted by molar-refractivity contribution is 7.97. The third-order valence-electron chi connectivity index (χ3n) is 0.587. The van der Waals surface area contributed by atoms with Gasteiger partial charge in [0.2, 0.25) is 0 Å². The average molecular weight is 100 g/mol. The summed E-state index contributed by atoms with van der Waals surface area (Å²) < 4.78 is 3.06. The molecule has 0 atom stereocenters. The predicted molar refractivity (Wildman–Crippen MR) is 28.3 cm³/mol. The third-order valence-corrected chi connectivity index (χ3v) is 1.27. The molecule has 0 fully saturated rings. The average Bonchev–Trinajstić information content (AvgIpc) is 1.72. The lowest BCUT2D eigenvalue weighted by Crippen LogP contribution is -2.07. The van der Waals surface area contributed by atoms with E-state index in [9.17, 15) is 0 Å². The summed E-state index contributed by atoms with van der Waals surface area (Å²) in [5.74, 6) is 1.07. The maximum Gasteiger partial charge on any atom is 0.0310 e. The lowest BCUT2D eigenvalue weighted by Gasteiger charge is -1.99. The number of hydrogen-bond acceptors (Lipinski definition) is 2. The SMILES string of the molecule is [C]1=CCSNC1. The molecule has 1 N–H and O–H groups in total. The molecule has 0 aromatic heterocycles. The first-order valence-corrected chi connectivity index (χ1v) is 2.88.